The van der Waals surface area contributed by atoms with Crippen LogP contribution in [0.15, 0.2) is 36.4 Å². The van der Waals surface area contributed by atoms with Gasteiger partial charge in [0.15, 0.2) is 6.29 Å². The van der Waals surface area contributed by atoms with Gasteiger partial charge in [-0.25, -0.2) is 0 Å². The maximum absolute atomic E-state index is 10.9. The topological polar surface area (TPSA) is 49.3 Å². The van der Waals surface area contributed by atoms with E-state index >= 15 is 0 Å². The lowest BCUT2D eigenvalue weighted by Gasteiger charge is -2.12. The van der Waals surface area contributed by atoms with Crippen molar-refractivity contribution in [1.29, 1.82) is 0 Å². The third-order valence-corrected chi connectivity index (χ3v) is 3.01. The number of nitrogens with one attached hydrogen (secondary N) is 1. The minimum Gasteiger partial charge on any atom is -0.508 e. The highest BCUT2D eigenvalue weighted by Gasteiger charge is 2.08. The number of rotatable bonds is 3. The minimum atomic E-state index is 0.0212. The average molecular weight is 282 g/mol. The molecule has 2 rings (SSSR count). The quantitative estimate of drug-likeness (QED) is 0.653. The Hall–Kier alpha value is -1.71. The Kier molecular flexibility index (Phi) is 3.75. The number of carbonyl (C=O) groups is 1. The van der Waals surface area contributed by atoms with Gasteiger partial charge in [0.1, 0.15) is 5.75 Å². The van der Waals surface area contributed by atoms with E-state index in [4.69, 9.17) is 23.2 Å². The summed E-state index contributed by atoms with van der Waals surface area (Å²) in [5.41, 5.74) is 1.37. The van der Waals surface area contributed by atoms with Gasteiger partial charge in [0, 0.05) is 11.3 Å². The molecule has 2 aromatic carbocycles. The summed E-state index contributed by atoms with van der Waals surface area (Å²) in [5, 5.41) is 13.2. The third kappa shape index (κ3) is 2.58. The number of carbonyl (C=O) groups excluding carboxylic acids is 1. The van der Waals surface area contributed by atoms with Crippen LogP contribution in [0, 0.1) is 0 Å². The van der Waals surface area contributed by atoms with E-state index in [-0.39, 0.29) is 5.75 Å². The maximum Gasteiger partial charge on any atom is 0.152 e. The lowest BCUT2D eigenvalue weighted by atomic mass is 10.1. The average Bonchev–Trinajstić information content (AvgIpc) is 2.35. The fourth-order valence-corrected chi connectivity index (χ4v) is 2.01. The van der Waals surface area contributed by atoms with E-state index in [0.717, 1.165) is 0 Å². The molecule has 0 aromatic heterocycles. The number of halogens is 2. The van der Waals surface area contributed by atoms with Crippen LogP contribution in [0.25, 0.3) is 0 Å². The Bertz CT molecular complexity index is 579. The second-order valence-electron chi connectivity index (χ2n) is 3.61. The molecule has 2 aromatic rings. The SMILES string of the molecule is O=Cc1cc(O)ccc1Nc1c(Cl)cccc1Cl. The molecular weight excluding hydrogens is 273 g/mol. The van der Waals surface area contributed by atoms with Crippen molar-refractivity contribution in [3.05, 3.63) is 52.0 Å². The smallest absolute Gasteiger partial charge is 0.152 e. The number of anilines is 2. The number of hydrogen-bond acceptors (Lipinski definition) is 3. The van der Waals surface area contributed by atoms with Crippen molar-refractivity contribution < 1.29 is 9.90 Å². The Balaban J connectivity index is 2.43. The molecule has 0 aliphatic carbocycles. The molecule has 0 spiro atoms. The highest BCUT2D eigenvalue weighted by Crippen LogP contribution is 2.33. The number of benzene rings is 2. The molecule has 0 radical (unpaired) electrons. The number of para-hydroxylation sites is 1. The van der Waals surface area contributed by atoms with Crippen molar-refractivity contribution in [2.24, 2.45) is 0 Å². The summed E-state index contributed by atoms with van der Waals surface area (Å²) in [7, 11) is 0. The predicted octanol–water partition coefficient (Wildman–Crippen LogP) is 4.26. The molecule has 0 amide bonds. The van der Waals surface area contributed by atoms with Crippen LogP contribution in [0.2, 0.25) is 10.0 Å². The Morgan fingerprint density at radius 3 is 2.39 bits per heavy atom. The second-order valence-corrected chi connectivity index (χ2v) is 4.43. The molecular formula is C13H9Cl2NO2. The summed E-state index contributed by atoms with van der Waals surface area (Å²) >= 11 is 12.0. The molecule has 0 aliphatic rings. The lowest BCUT2D eigenvalue weighted by Crippen LogP contribution is -1.96. The zero-order valence-corrected chi connectivity index (χ0v) is 10.7. The van der Waals surface area contributed by atoms with E-state index in [1.165, 1.54) is 12.1 Å². The van der Waals surface area contributed by atoms with Gasteiger partial charge in [-0.2, -0.15) is 0 Å². The number of aromatic hydroxyl groups is 1. The largest absolute Gasteiger partial charge is 0.508 e. The van der Waals surface area contributed by atoms with Crippen LogP contribution in [0.3, 0.4) is 0 Å². The first-order valence-electron chi connectivity index (χ1n) is 5.11. The van der Waals surface area contributed by atoms with Crippen molar-refractivity contribution in [1.82, 2.24) is 0 Å². The first-order chi connectivity index (χ1) is 8.61. The maximum atomic E-state index is 10.9. The van der Waals surface area contributed by atoms with Crippen molar-refractivity contribution >= 4 is 40.9 Å². The van der Waals surface area contributed by atoms with E-state index in [2.05, 4.69) is 5.32 Å². The monoisotopic (exact) mass is 281 g/mol. The molecule has 0 unspecified atom stereocenters. The van der Waals surface area contributed by atoms with E-state index in [0.29, 0.717) is 33.3 Å². The third-order valence-electron chi connectivity index (χ3n) is 2.38. The van der Waals surface area contributed by atoms with E-state index < -0.39 is 0 Å². The highest BCUT2D eigenvalue weighted by atomic mass is 35.5. The molecule has 18 heavy (non-hydrogen) atoms. The molecule has 3 nitrogen and oxygen atoms in total. The number of phenols is 1. The summed E-state index contributed by atoms with van der Waals surface area (Å²) in [5.74, 6) is 0.0212. The van der Waals surface area contributed by atoms with E-state index in [9.17, 15) is 9.90 Å². The summed E-state index contributed by atoms with van der Waals surface area (Å²) in [4.78, 5) is 10.9. The van der Waals surface area contributed by atoms with Gasteiger partial charge < -0.3 is 10.4 Å². The van der Waals surface area contributed by atoms with Gasteiger partial charge in [-0.3, -0.25) is 4.79 Å². The zero-order chi connectivity index (χ0) is 13.1. The van der Waals surface area contributed by atoms with Crippen LogP contribution in [-0.2, 0) is 0 Å². The van der Waals surface area contributed by atoms with Gasteiger partial charge in [0.05, 0.1) is 15.7 Å². The number of phenolic OH excluding ortho intramolecular Hbond substituents is 1. The van der Waals surface area contributed by atoms with Gasteiger partial charge in [-0.05, 0) is 30.3 Å². The van der Waals surface area contributed by atoms with Crippen LogP contribution in [0.5, 0.6) is 5.75 Å². The Labute approximate surface area is 114 Å². The molecule has 0 aliphatic heterocycles. The van der Waals surface area contributed by atoms with Crippen LogP contribution in [0.4, 0.5) is 11.4 Å². The van der Waals surface area contributed by atoms with E-state index in [1.54, 1.807) is 24.3 Å². The highest BCUT2D eigenvalue weighted by molar-refractivity contribution is 6.39. The zero-order valence-electron chi connectivity index (χ0n) is 9.15. The number of hydrogen-bond donors (Lipinski definition) is 2. The first kappa shape index (κ1) is 12.7. The van der Waals surface area contributed by atoms with Crippen LogP contribution >= 0.6 is 23.2 Å². The first-order valence-corrected chi connectivity index (χ1v) is 5.86. The van der Waals surface area contributed by atoms with Crippen molar-refractivity contribution in [2.75, 3.05) is 5.32 Å². The molecule has 0 atom stereocenters. The molecule has 92 valence electrons. The fourth-order valence-electron chi connectivity index (χ4n) is 1.51. The van der Waals surface area contributed by atoms with Crippen molar-refractivity contribution in [3.63, 3.8) is 0 Å². The minimum absolute atomic E-state index is 0.0212. The van der Waals surface area contributed by atoms with Gasteiger partial charge in [-0.15, -0.1) is 0 Å². The molecule has 0 bridgehead atoms. The normalized spacial score (nSPS) is 10.1. The van der Waals surface area contributed by atoms with E-state index in [1.807, 2.05) is 0 Å². The molecule has 0 saturated heterocycles. The summed E-state index contributed by atoms with van der Waals surface area (Å²) < 4.78 is 0. The van der Waals surface area contributed by atoms with Gasteiger partial charge in [0.25, 0.3) is 0 Å². The van der Waals surface area contributed by atoms with Crippen LogP contribution in [-0.4, -0.2) is 11.4 Å². The van der Waals surface area contributed by atoms with Gasteiger partial charge in [-0.1, -0.05) is 29.3 Å². The second kappa shape index (κ2) is 5.29. The molecule has 5 heteroatoms. The summed E-state index contributed by atoms with van der Waals surface area (Å²) in [6, 6.07) is 9.53. The standard InChI is InChI=1S/C13H9Cl2NO2/c14-10-2-1-3-11(15)13(10)16-12-5-4-9(18)6-8(12)7-17/h1-7,16,18H. The number of aldehydes is 1. The van der Waals surface area contributed by atoms with Crippen LogP contribution in [0.1, 0.15) is 10.4 Å². The lowest BCUT2D eigenvalue weighted by molar-refractivity contribution is 0.112. The molecule has 0 saturated carbocycles. The Morgan fingerprint density at radius 1 is 1.11 bits per heavy atom. The molecule has 0 heterocycles. The predicted molar refractivity (Wildman–Crippen MR) is 73.2 cm³/mol. The fraction of sp³-hybridized carbons (Fsp3) is 0. The Morgan fingerprint density at radius 2 is 1.78 bits per heavy atom. The van der Waals surface area contributed by atoms with Crippen molar-refractivity contribution in [3.8, 4) is 5.75 Å². The summed E-state index contributed by atoms with van der Waals surface area (Å²) in [6.07, 6.45) is 0.646. The summed E-state index contributed by atoms with van der Waals surface area (Å²) in [6.45, 7) is 0. The van der Waals surface area contributed by atoms with Gasteiger partial charge >= 0.3 is 0 Å². The van der Waals surface area contributed by atoms with Crippen LogP contribution < -0.4 is 5.32 Å². The van der Waals surface area contributed by atoms with Crippen molar-refractivity contribution in [2.45, 2.75) is 0 Å². The molecule has 0 fully saturated rings. The molecule has 2 N–H and O–H groups in total. The van der Waals surface area contributed by atoms with Gasteiger partial charge in [0.2, 0.25) is 0 Å².